The zero-order valence-electron chi connectivity index (χ0n) is 12.6. The Bertz CT molecular complexity index is 613. The molecule has 112 valence electrons. The van der Waals surface area contributed by atoms with Gasteiger partial charge in [-0.15, -0.1) is 11.3 Å². The number of ketones is 1. The molecule has 1 aliphatic rings. The molecule has 1 aromatic rings. The van der Waals surface area contributed by atoms with Crippen molar-refractivity contribution in [3.05, 3.63) is 45.4 Å². The first-order valence-electron chi connectivity index (χ1n) is 6.97. The molecule has 4 nitrogen and oxygen atoms in total. The zero-order chi connectivity index (χ0) is 15.4. The van der Waals surface area contributed by atoms with Crippen molar-refractivity contribution in [2.45, 2.75) is 26.8 Å². The average Bonchev–Trinajstić information content (AvgIpc) is 2.86. The van der Waals surface area contributed by atoms with E-state index in [2.05, 4.69) is 16.5 Å². The van der Waals surface area contributed by atoms with Crippen molar-refractivity contribution in [2.75, 3.05) is 13.1 Å². The molecule has 0 bridgehead atoms. The van der Waals surface area contributed by atoms with Crippen molar-refractivity contribution in [1.82, 2.24) is 4.90 Å². The molecule has 0 saturated carbocycles. The lowest BCUT2D eigenvalue weighted by molar-refractivity contribution is 0.101. The molecule has 1 aliphatic heterocycles. The first kappa shape index (κ1) is 15.7. The van der Waals surface area contributed by atoms with Gasteiger partial charge in [0.25, 0.3) is 0 Å². The molecule has 21 heavy (non-hydrogen) atoms. The monoisotopic (exact) mass is 303 g/mol. The number of nitrogens with zero attached hydrogens (tertiary/aromatic N) is 2. The van der Waals surface area contributed by atoms with Crippen LogP contribution in [0, 0.1) is 0 Å². The van der Waals surface area contributed by atoms with Crippen molar-refractivity contribution in [3.8, 4) is 0 Å². The summed E-state index contributed by atoms with van der Waals surface area (Å²) in [5, 5.41) is 1.99. The highest BCUT2D eigenvalue weighted by molar-refractivity contribution is 7.10. The number of thiophene rings is 1. The van der Waals surface area contributed by atoms with E-state index >= 15 is 0 Å². The molecule has 2 rings (SSSR count). The van der Waals surface area contributed by atoms with E-state index in [0.29, 0.717) is 5.82 Å². The number of carbonyl (C=O) groups excluding carboxylic acids is 1. The molecule has 2 heterocycles. The third kappa shape index (κ3) is 3.89. The minimum Gasteiger partial charge on any atom is -0.384 e. The van der Waals surface area contributed by atoms with E-state index in [9.17, 15) is 4.79 Å². The van der Waals surface area contributed by atoms with Crippen LogP contribution in [0.15, 0.2) is 34.4 Å². The van der Waals surface area contributed by atoms with E-state index in [1.807, 2.05) is 18.4 Å². The van der Waals surface area contributed by atoms with E-state index in [4.69, 9.17) is 5.73 Å². The highest BCUT2D eigenvalue weighted by Crippen LogP contribution is 2.29. The topological polar surface area (TPSA) is 58.7 Å². The van der Waals surface area contributed by atoms with Crippen molar-refractivity contribution in [1.29, 1.82) is 0 Å². The molecule has 1 aromatic heterocycles. The van der Waals surface area contributed by atoms with Crippen LogP contribution in [0.1, 0.15) is 34.6 Å². The second-order valence-corrected chi connectivity index (χ2v) is 6.15. The summed E-state index contributed by atoms with van der Waals surface area (Å²) in [7, 11) is 0. The van der Waals surface area contributed by atoms with Gasteiger partial charge in [0.1, 0.15) is 5.82 Å². The van der Waals surface area contributed by atoms with Crippen LogP contribution in [0.25, 0.3) is 0 Å². The van der Waals surface area contributed by atoms with Gasteiger partial charge in [0.2, 0.25) is 0 Å². The van der Waals surface area contributed by atoms with Crippen LogP contribution < -0.4 is 5.73 Å². The molecule has 2 N–H and O–H groups in total. The summed E-state index contributed by atoms with van der Waals surface area (Å²) in [4.78, 5) is 19.3. The van der Waals surface area contributed by atoms with Gasteiger partial charge in [-0.25, -0.2) is 4.99 Å². The van der Waals surface area contributed by atoms with Crippen LogP contribution in [0.4, 0.5) is 0 Å². The highest BCUT2D eigenvalue weighted by atomic mass is 32.1. The van der Waals surface area contributed by atoms with Crippen molar-refractivity contribution >= 4 is 23.3 Å². The molecule has 0 saturated heterocycles. The summed E-state index contributed by atoms with van der Waals surface area (Å²) in [5.41, 5.74) is 8.73. The third-order valence-electron chi connectivity index (χ3n) is 3.58. The minimum absolute atomic E-state index is 0.170. The van der Waals surface area contributed by atoms with E-state index in [1.165, 1.54) is 10.4 Å². The summed E-state index contributed by atoms with van der Waals surface area (Å²) in [6.07, 6.45) is 4.75. The summed E-state index contributed by atoms with van der Waals surface area (Å²) in [6, 6.07) is 0. The number of aliphatic imine (C=N–C) groups is 1. The van der Waals surface area contributed by atoms with Crippen LogP contribution in [0.2, 0.25) is 0 Å². The Morgan fingerprint density at radius 2 is 2.38 bits per heavy atom. The fraction of sp³-hybridized carbons (Fsp3) is 0.375. The van der Waals surface area contributed by atoms with Crippen molar-refractivity contribution in [3.63, 3.8) is 0 Å². The lowest BCUT2D eigenvalue weighted by Gasteiger charge is -2.27. The van der Waals surface area contributed by atoms with Gasteiger partial charge in [0.05, 0.1) is 0 Å². The fourth-order valence-electron chi connectivity index (χ4n) is 2.44. The first-order chi connectivity index (χ1) is 10.0. The quantitative estimate of drug-likeness (QED) is 0.672. The number of rotatable bonds is 5. The first-order valence-corrected chi connectivity index (χ1v) is 7.85. The molecule has 5 heteroatoms. The maximum Gasteiger partial charge on any atom is 0.160 e. The Kier molecular flexibility index (Phi) is 5.09. The molecule has 0 radical (unpaired) electrons. The van der Waals surface area contributed by atoms with Gasteiger partial charge in [0.15, 0.2) is 5.78 Å². The fourth-order valence-corrected chi connectivity index (χ4v) is 3.62. The van der Waals surface area contributed by atoms with E-state index in [1.54, 1.807) is 24.5 Å². The van der Waals surface area contributed by atoms with Gasteiger partial charge < -0.3 is 5.73 Å². The molecule has 0 spiro atoms. The standard InChI is InChI=1S/C16H21N3OS/c1-4-13(7-18-12(3)17)8-19-6-5-14-15(11(2)20)10-21-16(14)9-19/h4,7,10H,3,5-6,8-9,17H2,1-2H3/b13-4+,18-7-. The molecule has 0 unspecified atom stereocenters. The summed E-state index contributed by atoms with van der Waals surface area (Å²) in [5.74, 6) is 0.489. The maximum absolute atomic E-state index is 11.6. The van der Waals surface area contributed by atoms with Crippen LogP contribution in [0.5, 0.6) is 0 Å². The molecular weight excluding hydrogens is 282 g/mol. The second kappa shape index (κ2) is 6.83. The lowest BCUT2D eigenvalue weighted by Crippen LogP contribution is -2.32. The van der Waals surface area contributed by atoms with Crippen molar-refractivity contribution in [2.24, 2.45) is 10.7 Å². The smallest absolute Gasteiger partial charge is 0.160 e. The zero-order valence-corrected chi connectivity index (χ0v) is 13.4. The normalized spacial score (nSPS) is 16.2. The van der Waals surface area contributed by atoms with Gasteiger partial charge in [-0.1, -0.05) is 12.7 Å². The predicted octanol–water partition coefficient (Wildman–Crippen LogP) is 2.76. The van der Waals surface area contributed by atoms with Crippen molar-refractivity contribution < 1.29 is 4.79 Å². The number of hydrogen-bond donors (Lipinski definition) is 1. The number of nitrogens with two attached hydrogens (primary N) is 1. The Balaban J connectivity index is 2.05. The Labute approximate surface area is 129 Å². The summed E-state index contributed by atoms with van der Waals surface area (Å²) >= 11 is 1.69. The molecule has 0 amide bonds. The summed E-state index contributed by atoms with van der Waals surface area (Å²) < 4.78 is 0. The SMILES string of the molecule is C=C(N)/N=C\C(=C/C)CN1CCc2c(C(C)=O)csc2C1. The van der Waals surface area contributed by atoms with Crippen LogP contribution in [-0.2, 0) is 13.0 Å². The van der Waals surface area contributed by atoms with Gasteiger partial charge in [-0.2, -0.15) is 0 Å². The number of Topliss-reactive ketones (excluding diaryl/α,β-unsaturated/α-hetero) is 1. The van der Waals surface area contributed by atoms with E-state index in [0.717, 1.165) is 37.2 Å². The van der Waals surface area contributed by atoms with Gasteiger partial charge in [0, 0.05) is 41.7 Å². The lowest BCUT2D eigenvalue weighted by atomic mass is 10.0. The number of hydrogen-bond acceptors (Lipinski definition) is 5. The molecular formula is C16H21N3OS. The van der Waals surface area contributed by atoms with Crippen LogP contribution in [-0.4, -0.2) is 30.0 Å². The third-order valence-corrected chi connectivity index (χ3v) is 4.59. The Hall–Kier alpha value is -1.72. The largest absolute Gasteiger partial charge is 0.384 e. The molecule has 0 aromatic carbocycles. The Morgan fingerprint density at radius 3 is 3.00 bits per heavy atom. The highest BCUT2D eigenvalue weighted by Gasteiger charge is 2.22. The average molecular weight is 303 g/mol. The second-order valence-electron chi connectivity index (χ2n) is 5.18. The van der Waals surface area contributed by atoms with Crippen LogP contribution in [0.3, 0.4) is 0 Å². The van der Waals surface area contributed by atoms with Gasteiger partial charge in [-0.05, 0) is 31.4 Å². The maximum atomic E-state index is 11.6. The van der Waals surface area contributed by atoms with Gasteiger partial charge in [-0.3, -0.25) is 9.69 Å². The van der Waals surface area contributed by atoms with E-state index in [-0.39, 0.29) is 5.78 Å². The number of fused-ring (bicyclic) bond motifs is 1. The number of allylic oxidation sites excluding steroid dienone is 1. The van der Waals surface area contributed by atoms with Crippen LogP contribution >= 0.6 is 11.3 Å². The number of carbonyl (C=O) groups is 1. The Morgan fingerprint density at radius 1 is 1.62 bits per heavy atom. The van der Waals surface area contributed by atoms with E-state index < -0.39 is 0 Å². The summed E-state index contributed by atoms with van der Waals surface area (Å²) in [6.45, 7) is 9.88. The molecule has 0 fully saturated rings. The minimum atomic E-state index is 0.170. The molecule has 0 aliphatic carbocycles. The predicted molar refractivity (Wildman–Crippen MR) is 88.9 cm³/mol. The van der Waals surface area contributed by atoms with Gasteiger partial charge >= 0.3 is 0 Å². The molecule has 0 atom stereocenters.